The second-order valence-corrected chi connectivity index (χ2v) is 3.36. The minimum Gasteiger partial charge on any atom is -0.411 e. The molecule has 64 valence electrons. The molecule has 0 aromatic rings. The van der Waals surface area contributed by atoms with Gasteiger partial charge >= 0.3 is 0 Å². The van der Waals surface area contributed by atoms with E-state index in [-0.39, 0.29) is 12.7 Å². The Bertz CT molecular complexity index is 243. The minimum atomic E-state index is -4.36. The molecule has 1 atom stereocenters. The molecule has 7 heteroatoms. The van der Waals surface area contributed by atoms with Crippen LogP contribution in [0, 0.1) is 0 Å². The normalized spacial score (nSPS) is 15.0. The summed E-state index contributed by atoms with van der Waals surface area (Å²) in [5.74, 6) is 0. The van der Waals surface area contributed by atoms with Crippen molar-refractivity contribution < 1.29 is 23.0 Å². The van der Waals surface area contributed by atoms with Crippen LogP contribution in [0.2, 0.25) is 0 Å². The number of rotatable bonds is 4. The molecule has 0 fully saturated rings. The van der Waals surface area contributed by atoms with Gasteiger partial charge in [-0.05, 0) is 0 Å². The number of aldehydes is 1. The lowest BCUT2D eigenvalue weighted by Gasteiger charge is -1.99. The fourth-order valence-electron chi connectivity index (χ4n) is 0.398. The van der Waals surface area contributed by atoms with Crippen LogP contribution in [0.25, 0.3) is 0 Å². The fraction of sp³-hybridized carbons (Fsp3) is 0.500. The van der Waals surface area contributed by atoms with Crippen molar-refractivity contribution in [1.82, 2.24) is 0 Å². The van der Waals surface area contributed by atoms with Crippen LogP contribution in [-0.4, -0.2) is 35.9 Å². The van der Waals surface area contributed by atoms with Crippen LogP contribution >= 0.6 is 0 Å². The first kappa shape index (κ1) is 10.0. The summed E-state index contributed by atoms with van der Waals surface area (Å²) in [4.78, 5) is 9.98. The van der Waals surface area contributed by atoms with Gasteiger partial charge in [0.25, 0.3) is 10.1 Å². The second kappa shape index (κ2) is 4.04. The Morgan fingerprint density at radius 2 is 2.09 bits per heavy atom. The van der Waals surface area contributed by atoms with Gasteiger partial charge in [0.05, 0.1) is 0 Å². The Labute approximate surface area is 63.3 Å². The van der Waals surface area contributed by atoms with Gasteiger partial charge in [0, 0.05) is 12.6 Å². The predicted octanol–water partition coefficient (Wildman–Crippen LogP) is -0.708. The zero-order valence-corrected chi connectivity index (χ0v) is 6.23. The van der Waals surface area contributed by atoms with Crippen molar-refractivity contribution in [2.24, 2.45) is 5.16 Å². The smallest absolute Gasteiger partial charge is 0.275 e. The Balaban J connectivity index is 4.31. The molecule has 0 bridgehead atoms. The molecule has 0 aromatic carbocycles. The minimum absolute atomic E-state index is 0.0665. The third-order valence-electron chi connectivity index (χ3n) is 0.954. The van der Waals surface area contributed by atoms with E-state index in [9.17, 15) is 13.2 Å². The summed E-state index contributed by atoms with van der Waals surface area (Å²) in [5, 5.41) is 8.79. The Morgan fingerprint density at radius 3 is 2.36 bits per heavy atom. The molecule has 0 amide bonds. The van der Waals surface area contributed by atoms with Crippen LogP contribution in [0.5, 0.6) is 0 Å². The van der Waals surface area contributed by atoms with Gasteiger partial charge in [0.15, 0.2) is 0 Å². The molecule has 0 heterocycles. The standard InChI is InChI=1S/C4H7NO5S/c6-3-4(1-2-5-7)11(8,9)10/h2-4,7H,1H2,(H,8,9,10)/b5-2+. The maximum absolute atomic E-state index is 10.2. The summed E-state index contributed by atoms with van der Waals surface area (Å²) in [7, 11) is -4.36. The molecule has 0 aliphatic carbocycles. The van der Waals surface area contributed by atoms with Crippen LogP contribution in [-0.2, 0) is 14.9 Å². The first-order valence-electron chi connectivity index (χ1n) is 2.60. The van der Waals surface area contributed by atoms with E-state index in [0.717, 1.165) is 6.21 Å². The molecular formula is C4H7NO5S. The van der Waals surface area contributed by atoms with E-state index in [4.69, 9.17) is 9.76 Å². The monoisotopic (exact) mass is 181 g/mol. The Hall–Kier alpha value is -0.950. The van der Waals surface area contributed by atoms with E-state index in [1.807, 2.05) is 0 Å². The number of hydrogen-bond acceptors (Lipinski definition) is 5. The van der Waals surface area contributed by atoms with E-state index in [0.29, 0.717) is 0 Å². The van der Waals surface area contributed by atoms with E-state index >= 15 is 0 Å². The molecule has 0 radical (unpaired) electrons. The molecule has 0 spiro atoms. The summed E-state index contributed by atoms with van der Waals surface area (Å²) >= 11 is 0. The molecule has 6 nitrogen and oxygen atoms in total. The number of nitrogens with zero attached hydrogens (tertiary/aromatic N) is 1. The first-order valence-corrected chi connectivity index (χ1v) is 4.10. The van der Waals surface area contributed by atoms with E-state index in [1.54, 1.807) is 0 Å². The number of carbonyl (C=O) groups is 1. The first-order chi connectivity index (χ1) is 5.02. The van der Waals surface area contributed by atoms with Crippen LogP contribution in [0.15, 0.2) is 5.16 Å². The molecule has 2 N–H and O–H groups in total. The lowest BCUT2D eigenvalue weighted by atomic mass is 10.3. The summed E-state index contributed by atoms with van der Waals surface area (Å²) in [5.41, 5.74) is 0. The molecule has 0 saturated carbocycles. The van der Waals surface area contributed by atoms with Crippen LogP contribution in [0.3, 0.4) is 0 Å². The Morgan fingerprint density at radius 1 is 1.55 bits per heavy atom. The molecular weight excluding hydrogens is 174 g/mol. The highest BCUT2D eigenvalue weighted by molar-refractivity contribution is 7.87. The Kier molecular flexibility index (Phi) is 3.69. The highest BCUT2D eigenvalue weighted by Gasteiger charge is 2.20. The molecule has 11 heavy (non-hydrogen) atoms. The van der Waals surface area contributed by atoms with Gasteiger partial charge in [-0.25, -0.2) is 0 Å². The van der Waals surface area contributed by atoms with Gasteiger partial charge < -0.3 is 10.0 Å². The fourth-order valence-corrected chi connectivity index (χ4v) is 0.868. The molecule has 0 saturated heterocycles. The molecule has 0 aliphatic heterocycles. The third-order valence-corrected chi connectivity index (χ3v) is 2.02. The van der Waals surface area contributed by atoms with Gasteiger partial charge in [0.1, 0.15) is 11.5 Å². The number of oxime groups is 1. The topological polar surface area (TPSA) is 104 Å². The predicted molar refractivity (Wildman–Crippen MR) is 36.3 cm³/mol. The average molecular weight is 181 g/mol. The van der Waals surface area contributed by atoms with Crippen LogP contribution in [0.4, 0.5) is 0 Å². The highest BCUT2D eigenvalue weighted by atomic mass is 32.2. The van der Waals surface area contributed by atoms with Gasteiger partial charge in [-0.1, -0.05) is 0 Å². The average Bonchev–Trinajstić information content (AvgIpc) is 1.87. The van der Waals surface area contributed by atoms with Gasteiger partial charge in [-0.15, -0.1) is 5.16 Å². The van der Waals surface area contributed by atoms with Gasteiger partial charge in [-0.3, -0.25) is 4.55 Å². The molecule has 0 aromatic heterocycles. The summed E-state index contributed by atoms with van der Waals surface area (Å²) < 4.78 is 28.8. The lowest BCUT2D eigenvalue weighted by molar-refractivity contribution is -0.107. The zero-order chi connectivity index (χ0) is 8.91. The van der Waals surface area contributed by atoms with E-state index in [2.05, 4.69) is 5.16 Å². The number of hydrogen-bond donors (Lipinski definition) is 2. The third kappa shape index (κ3) is 3.68. The molecule has 0 aliphatic rings. The van der Waals surface area contributed by atoms with Crippen molar-refractivity contribution in [2.45, 2.75) is 11.7 Å². The lowest BCUT2D eigenvalue weighted by Crippen LogP contribution is -2.22. The summed E-state index contributed by atoms with van der Waals surface area (Å²) in [6.45, 7) is 0. The van der Waals surface area contributed by atoms with Crippen LogP contribution in [0.1, 0.15) is 6.42 Å². The summed E-state index contributed by atoms with van der Waals surface area (Å²) in [6, 6.07) is 0. The molecule has 0 rings (SSSR count). The van der Waals surface area contributed by atoms with Crippen LogP contribution < -0.4 is 0 Å². The van der Waals surface area contributed by atoms with E-state index < -0.39 is 15.4 Å². The highest BCUT2D eigenvalue weighted by Crippen LogP contribution is 1.98. The van der Waals surface area contributed by atoms with E-state index in [1.165, 1.54) is 0 Å². The maximum Gasteiger partial charge on any atom is 0.275 e. The SMILES string of the molecule is O=CC(C/C=N/O)S(=O)(=O)O. The molecule has 1 unspecified atom stereocenters. The van der Waals surface area contributed by atoms with Crippen molar-refractivity contribution in [3.05, 3.63) is 0 Å². The second-order valence-electron chi connectivity index (χ2n) is 1.72. The van der Waals surface area contributed by atoms with Gasteiger partial charge in [0.2, 0.25) is 0 Å². The van der Waals surface area contributed by atoms with Crippen molar-refractivity contribution in [2.75, 3.05) is 0 Å². The van der Waals surface area contributed by atoms with Crippen molar-refractivity contribution >= 4 is 22.6 Å². The largest absolute Gasteiger partial charge is 0.411 e. The summed E-state index contributed by atoms with van der Waals surface area (Å²) in [6.07, 6.45) is 0.544. The van der Waals surface area contributed by atoms with Gasteiger partial charge in [-0.2, -0.15) is 8.42 Å². The van der Waals surface area contributed by atoms with Crippen molar-refractivity contribution in [3.63, 3.8) is 0 Å². The quantitative estimate of drug-likeness (QED) is 0.196. The zero-order valence-electron chi connectivity index (χ0n) is 5.41. The number of carbonyl (C=O) groups excluding carboxylic acids is 1. The van der Waals surface area contributed by atoms with Crippen molar-refractivity contribution in [1.29, 1.82) is 0 Å². The van der Waals surface area contributed by atoms with Crippen molar-refractivity contribution in [3.8, 4) is 0 Å². The maximum atomic E-state index is 10.2.